The summed E-state index contributed by atoms with van der Waals surface area (Å²) in [4.78, 5) is 67.9. The van der Waals surface area contributed by atoms with Crippen LogP contribution in [-0.2, 0) is 55.9 Å². The first kappa shape index (κ1) is 62.4. The monoisotopic (exact) mass is 1240 g/mol. The molecule has 7 atom stereocenters. The third kappa shape index (κ3) is 23.5. The molecule has 22 heteroatoms. The first-order chi connectivity index (χ1) is 28.6. The third-order valence-corrected chi connectivity index (χ3v) is 10.4. The number of ether oxygens (including phenoxy) is 4. The first-order valence-electron chi connectivity index (χ1n) is 18.5. The molecule has 0 radical (unpaired) electrons. The number of carbonyl (C=O) groups is 5. The fraction of sp³-hybridized carbons (Fsp3) is 0.475. The number of esters is 3. The predicted octanol–water partition coefficient (Wildman–Crippen LogP) is 4.76. The Hall–Kier alpha value is -1.69. The van der Waals surface area contributed by atoms with Gasteiger partial charge in [-0.3, -0.25) is 29.1 Å². The molecular formula is C40H48Br3ClIMgMnN3O12. The number of rotatable bonds is 12. The number of aldehydes is 1. The van der Waals surface area contributed by atoms with Gasteiger partial charge in [0.1, 0.15) is 15.7 Å². The van der Waals surface area contributed by atoms with Crippen LogP contribution in [0.25, 0.3) is 0 Å². The number of aromatic nitrogens is 3. The van der Waals surface area contributed by atoms with Gasteiger partial charge < -0.3 is 47.7 Å². The Morgan fingerprint density at radius 3 is 1.71 bits per heavy atom. The van der Waals surface area contributed by atoms with E-state index in [9.17, 15) is 29.1 Å². The molecule has 0 amide bonds. The number of pyridine rings is 3. The molecule has 15 nitrogen and oxygen atoms in total. The summed E-state index contributed by atoms with van der Waals surface area (Å²) in [6.45, 7) is 10.4. The number of nitrogens with zero attached hydrogens (tertiary/aromatic N) is 3. The van der Waals surface area contributed by atoms with Crippen LogP contribution in [0.3, 0.4) is 0 Å². The van der Waals surface area contributed by atoms with Gasteiger partial charge in [-0.15, -0.1) is 0 Å². The standard InChI is InChI=1S/C12H14BrNO3.C12H12BrNO3.C7H10O3.C6H5BrINO.C3H7.ClH.Mg.Mn.2O/c2*1-2-17-12(16)9-5-8(9)11(15)10-4-3-7(13)6-14-10;1-2-10-7(9)6-3-5(6)4-8;1-10-5-2-4(7)3-9-6(5)8;1-3-2;;;;;/h3-4,6,8-9,11,15H,2,5H2,1H3;3-4,6,8-9H,2,5H2,1H3;4-6H,2-3H2,1H3;2-3H,1H3;3H,1-2H3;1H;;;;/q;;;;-1;;+2;;;/p-1. The average Bonchev–Trinajstić information content (AvgIpc) is 4.11. The van der Waals surface area contributed by atoms with Gasteiger partial charge in [-0.25, -0.2) is 4.98 Å². The second kappa shape index (κ2) is 34.6. The van der Waals surface area contributed by atoms with Crippen LogP contribution in [0, 0.1) is 45.6 Å². The van der Waals surface area contributed by atoms with Gasteiger partial charge in [0.25, 0.3) is 0 Å². The summed E-state index contributed by atoms with van der Waals surface area (Å²) in [6, 6.07) is 8.90. The van der Waals surface area contributed by atoms with Gasteiger partial charge in [-0.2, -0.15) is 13.8 Å². The van der Waals surface area contributed by atoms with Gasteiger partial charge in [0.2, 0.25) is 0 Å². The van der Waals surface area contributed by atoms with E-state index in [0.29, 0.717) is 50.5 Å². The fourth-order valence-corrected chi connectivity index (χ4v) is 6.30. The fourth-order valence-electron chi connectivity index (χ4n) is 5.00. The molecule has 3 aromatic rings. The van der Waals surface area contributed by atoms with E-state index in [2.05, 4.69) is 85.3 Å². The summed E-state index contributed by atoms with van der Waals surface area (Å²) in [7, 11) is 1.63. The number of methoxy groups -OCH3 is 1. The Balaban J connectivity index is 0. The van der Waals surface area contributed by atoms with Crippen molar-refractivity contribution < 1.29 is 82.9 Å². The summed E-state index contributed by atoms with van der Waals surface area (Å²) >= 11 is 10.5. The number of hydrogen-bond donors (Lipinski definition) is 1. The van der Waals surface area contributed by atoms with E-state index in [1.54, 1.807) is 64.7 Å². The second-order valence-electron chi connectivity index (χ2n) is 12.7. The van der Waals surface area contributed by atoms with Crippen LogP contribution in [0.4, 0.5) is 0 Å². The van der Waals surface area contributed by atoms with Crippen molar-refractivity contribution in [2.75, 3.05) is 26.9 Å². The predicted molar refractivity (Wildman–Crippen MR) is 238 cm³/mol. The number of Topliss-reactive ketones (excluding diaryl/α,β-unsaturated/α-hetero) is 1. The molecule has 339 valence electrons. The molecule has 7 unspecified atom stereocenters. The average molecular weight is 1240 g/mol. The van der Waals surface area contributed by atoms with Gasteiger partial charge >= 0.3 is 63.5 Å². The molecule has 0 saturated heterocycles. The van der Waals surface area contributed by atoms with E-state index in [4.69, 9.17) is 26.6 Å². The number of aliphatic hydroxyl groups excluding tert-OH is 1. The first-order valence-corrected chi connectivity index (χ1v) is 22.9. The molecule has 0 spiro atoms. The zero-order chi connectivity index (χ0) is 45.4. The quantitative estimate of drug-likeness (QED) is 0.0378. The minimum atomic E-state index is -1.44. The molecule has 3 aliphatic rings. The zero-order valence-corrected chi connectivity index (χ0v) is 45.1. The van der Waals surface area contributed by atoms with E-state index >= 15 is 0 Å². The van der Waals surface area contributed by atoms with Crippen molar-refractivity contribution in [3.05, 3.63) is 83.8 Å². The van der Waals surface area contributed by atoms with Crippen molar-refractivity contribution in [3.8, 4) is 5.75 Å². The third-order valence-electron chi connectivity index (χ3n) is 8.18. The summed E-state index contributed by atoms with van der Waals surface area (Å²) in [6.07, 6.45) is 9.04. The molecule has 3 saturated carbocycles. The maximum atomic E-state index is 12.0. The van der Waals surface area contributed by atoms with E-state index < -0.39 is 20.9 Å². The van der Waals surface area contributed by atoms with Crippen molar-refractivity contribution in [1.82, 2.24) is 15.0 Å². The van der Waals surface area contributed by atoms with E-state index in [-0.39, 0.29) is 94.7 Å². The van der Waals surface area contributed by atoms with Crippen molar-refractivity contribution in [3.63, 3.8) is 0 Å². The Morgan fingerprint density at radius 2 is 1.29 bits per heavy atom. The minimum absolute atomic E-state index is 0. The van der Waals surface area contributed by atoms with Gasteiger partial charge in [0.05, 0.1) is 56.5 Å². The molecular weight excluding hydrogens is 1200 g/mol. The molecule has 0 bridgehead atoms. The van der Waals surface area contributed by atoms with Crippen LogP contribution in [0.5, 0.6) is 5.75 Å². The number of aliphatic hydroxyl groups is 1. The van der Waals surface area contributed by atoms with Crippen molar-refractivity contribution in [2.24, 2.45) is 35.5 Å². The number of hydrogen-bond acceptors (Lipinski definition) is 15. The van der Waals surface area contributed by atoms with Crippen LogP contribution in [-0.4, -0.2) is 100 Å². The van der Waals surface area contributed by atoms with Crippen LogP contribution >= 0.6 is 70.4 Å². The van der Waals surface area contributed by atoms with Gasteiger partial charge in [0.15, 0.2) is 11.5 Å². The zero-order valence-electron chi connectivity index (χ0n) is 34.8. The van der Waals surface area contributed by atoms with Gasteiger partial charge in [0, 0.05) is 49.8 Å². The summed E-state index contributed by atoms with van der Waals surface area (Å²) < 4.78 is 39.8. The molecule has 0 aromatic carbocycles. The molecule has 3 fully saturated rings. The van der Waals surface area contributed by atoms with Crippen molar-refractivity contribution in [2.45, 2.75) is 60.0 Å². The maximum absolute atomic E-state index is 12.0. The van der Waals surface area contributed by atoms with Crippen LogP contribution < -0.4 is 17.1 Å². The van der Waals surface area contributed by atoms with E-state index in [0.717, 1.165) is 29.2 Å². The number of carbonyl (C=O) groups excluding carboxylic acids is 5. The SMILES string of the molecule is CCOC(=O)C1CC1C(=O)c1ccc(Br)cn1.CCOC(=O)C1CC1C(O)c1ccc(Br)cn1.CCOC(=O)C1CC1C=O.COc1cc(Br)cnc1I.C[CH-]C.[Cl-].[Mg+2].[O]=[Mn]=[O]. The topological polar surface area (TPSA) is 215 Å². The Labute approximate surface area is 429 Å². The second-order valence-corrected chi connectivity index (χ2v) is 16.7. The van der Waals surface area contributed by atoms with Crippen LogP contribution in [0.2, 0.25) is 0 Å². The van der Waals surface area contributed by atoms with Crippen molar-refractivity contribution >= 4 is 123 Å². The number of halogens is 5. The molecule has 6 rings (SSSR count). The Morgan fingerprint density at radius 1 is 0.806 bits per heavy atom. The summed E-state index contributed by atoms with van der Waals surface area (Å²) in [5, 5.41) is 10.1. The molecule has 1 N–H and O–H groups in total. The summed E-state index contributed by atoms with van der Waals surface area (Å²) in [5.41, 5.74) is 1.01. The van der Waals surface area contributed by atoms with E-state index in [1.165, 1.54) is 0 Å². The molecule has 3 aromatic heterocycles. The molecule has 0 aliphatic heterocycles. The van der Waals surface area contributed by atoms with Crippen LogP contribution in [0.1, 0.15) is 76.2 Å². The van der Waals surface area contributed by atoms with Gasteiger partial charge in [-0.05, 0) is 141 Å². The Bertz CT molecular complexity index is 1870. The van der Waals surface area contributed by atoms with Crippen molar-refractivity contribution in [1.29, 1.82) is 0 Å². The number of ketones is 1. The Kier molecular flexibility index (Phi) is 34.8. The summed E-state index contributed by atoms with van der Waals surface area (Å²) in [5.74, 6) is -0.910. The van der Waals surface area contributed by atoms with E-state index in [1.807, 2.05) is 32.4 Å². The van der Waals surface area contributed by atoms with Gasteiger partial charge in [-0.1, -0.05) is 0 Å². The molecule has 62 heavy (non-hydrogen) atoms. The molecule has 3 aliphatic carbocycles. The normalized spacial score (nSPS) is 19.4. The molecule has 3 heterocycles. The van der Waals surface area contributed by atoms with Crippen LogP contribution in [0.15, 0.2) is 62.3 Å².